The molecule has 0 bridgehead atoms. The van der Waals surface area contributed by atoms with Gasteiger partial charge in [0.15, 0.2) is 5.13 Å². The highest BCUT2D eigenvalue weighted by Gasteiger charge is 2.24. The summed E-state index contributed by atoms with van der Waals surface area (Å²) < 4.78 is 0. The monoisotopic (exact) mass is 274 g/mol. The molecule has 100 valence electrons. The highest BCUT2D eigenvalue weighted by molar-refractivity contribution is 7.16. The third-order valence-electron chi connectivity index (χ3n) is 3.68. The lowest BCUT2D eigenvalue weighted by Gasteiger charge is -2.19. The molecule has 3 nitrogen and oxygen atoms in total. The van der Waals surface area contributed by atoms with Crippen molar-refractivity contribution in [1.29, 1.82) is 0 Å². The van der Waals surface area contributed by atoms with E-state index in [0.717, 1.165) is 27.8 Å². The summed E-state index contributed by atoms with van der Waals surface area (Å²) in [5, 5.41) is 10.6. The Morgan fingerprint density at radius 3 is 2.79 bits per heavy atom. The quantitative estimate of drug-likeness (QED) is 0.933. The van der Waals surface area contributed by atoms with Crippen LogP contribution in [-0.4, -0.2) is 22.7 Å². The van der Waals surface area contributed by atoms with Crippen molar-refractivity contribution in [2.45, 2.75) is 32.4 Å². The molecular weight excluding hydrogens is 256 g/mol. The molecule has 1 saturated heterocycles. The first-order valence-electron chi connectivity index (χ1n) is 6.72. The third kappa shape index (κ3) is 2.38. The third-order valence-corrected chi connectivity index (χ3v) is 4.75. The Hall–Kier alpha value is -1.39. The van der Waals surface area contributed by atoms with Crippen molar-refractivity contribution in [3.63, 3.8) is 0 Å². The number of hydrogen-bond acceptors (Lipinski definition) is 4. The summed E-state index contributed by atoms with van der Waals surface area (Å²) in [5.74, 6) is 0. The first-order valence-corrected chi connectivity index (χ1v) is 7.54. The van der Waals surface area contributed by atoms with E-state index in [1.165, 1.54) is 12.8 Å². The molecule has 1 aromatic heterocycles. The largest absolute Gasteiger partial charge is 0.391 e. The molecule has 0 saturated carbocycles. The normalized spacial score (nSPS) is 19.1. The fraction of sp³-hybridized carbons (Fsp3) is 0.400. The maximum absolute atomic E-state index is 9.55. The van der Waals surface area contributed by atoms with Crippen molar-refractivity contribution in [3.05, 3.63) is 35.2 Å². The van der Waals surface area contributed by atoms with E-state index in [2.05, 4.69) is 11.8 Å². The first-order chi connectivity index (χ1) is 9.29. The second kappa shape index (κ2) is 5.31. The zero-order chi connectivity index (χ0) is 13.2. The molecule has 1 N–H and O–H groups in total. The Bertz CT molecular complexity index is 553. The van der Waals surface area contributed by atoms with Gasteiger partial charge in [-0.2, -0.15) is 0 Å². The predicted octanol–water partition coefficient (Wildman–Crippen LogP) is 3.29. The minimum Gasteiger partial charge on any atom is -0.391 e. The van der Waals surface area contributed by atoms with E-state index in [9.17, 15) is 5.11 Å². The van der Waals surface area contributed by atoms with Gasteiger partial charge in [0.05, 0.1) is 17.2 Å². The average molecular weight is 274 g/mol. The number of nitrogens with zero attached hydrogens (tertiary/aromatic N) is 2. The molecule has 2 aromatic rings. The molecule has 3 rings (SSSR count). The standard InChI is InChI=1S/C15H18N2OS/c1-11-6-5-9-17(11)15-16-14(13(10-18)19-15)12-7-3-2-4-8-12/h2-4,7-8,11,18H,5-6,9-10H2,1H3. The zero-order valence-corrected chi connectivity index (χ0v) is 11.9. The molecule has 2 heterocycles. The summed E-state index contributed by atoms with van der Waals surface area (Å²) in [7, 11) is 0. The average Bonchev–Trinajstić information content (AvgIpc) is 3.05. The van der Waals surface area contributed by atoms with Crippen LogP contribution in [0.25, 0.3) is 11.3 Å². The number of thiazole rings is 1. The van der Waals surface area contributed by atoms with Crippen LogP contribution in [0.2, 0.25) is 0 Å². The molecule has 4 heteroatoms. The van der Waals surface area contributed by atoms with E-state index >= 15 is 0 Å². The van der Waals surface area contributed by atoms with Crippen molar-refractivity contribution in [1.82, 2.24) is 4.98 Å². The Morgan fingerprint density at radius 1 is 1.37 bits per heavy atom. The SMILES string of the molecule is CC1CCCN1c1nc(-c2ccccc2)c(CO)s1. The predicted molar refractivity (Wildman–Crippen MR) is 79.5 cm³/mol. The van der Waals surface area contributed by atoms with Crippen LogP contribution < -0.4 is 4.90 Å². The van der Waals surface area contributed by atoms with Crippen molar-refractivity contribution in [3.8, 4) is 11.3 Å². The lowest BCUT2D eigenvalue weighted by Crippen LogP contribution is -2.25. The van der Waals surface area contributed by atoms with Crippen LogP contribution in [0.15, 0.2) is 30.3 Å². The van der Waals surface area contributed by atoms with Crippen LogP contribution in [0, 0.1) is 0 Å². The van der Waals surface area contributed by atoms with Crippen molar-refractivity contribution in [2.75, 3.05) is 11.4 Å². The second-order valence-corrected chi connectivity index (χ2v) is 6.04. The van der Waals surface area contributed by atoms with Crippen molar-refractivity contribution >= 4 is 16.5 Å². The van der Waals surface area contributed by atoms with Gasteiger partial charge in [-0.25, -0.2) is 4.98 Å². The molecule has 0 radical (unpaired) electrons. The number of benzene rings is 1. The van der Waals surface area contributed by atoms with Gasteiger partial charge in [0, 0.05) is 18.2 Å². The van der Waals surface area contributed by atoms with E-state index in [1.807, 2.05) is 30.3 Å². The minimum absolute atomic E-state index is 0.0596. The fourth-order valence-corrected chi connectivity index (χ4v) is 3.68. The van der Waals surface area contributed by atoms with Gasteiger partial charge in [-0.3, -0.25) is 0 Å². The van der Waals surface area contributed by atoms with E-state index < -0.39 is 0 Å². The van der Waals surface area contributed by atoms with Crippen LogP contribution in [0.1, 0.15) is 24.6 Å². The second-order valence-electron chi connectivity index (χ2n) is 4.98. The van der Waals surface area contributed by atoms with Crippen LogP contribution in [0.3, 0.4) is 0 Å². The van der Waals surface area contributed by atoms with Gasteiger partial charge < -0.3 is 10.0 Å². The zero-order valence-electron chi connectivity index (χ0n) is 11.0. The number of aliphatic hydroxyl groups is 1. The van der Waals surface area contributed by atoms with Crippen LogP contribution in [-0.2, 0) is 6.61 Å². The van der Waals surface area contributed by atoms with E-state index in [-0.39, 0.29) is 6.61 Å². The Kier molecular flexibility index (Phi) is 3.53. The smallest absolute Gasteiger partial charge is 0.186 e. The number of hydrogen-bond donors (Lipinski definition) is 1. The molecule has 1 aromatic carbocycles. The first kappa shape index (κ1) is 12.6. The van der Waals surface area contributed by atoms with Gasteiger partial charge in [0.1, 0.15) is 0 Å². The van der Waals surface area contributed by atoms with Crippen molar-refractivity contribution < 1.29 is 5.11 Å². The van der Waals surface area contributed by atoms with E-state index in [4.69, 9.17) is 4.98 Å². The Labute approximate surface area is 117 Å². The lowest BCUT2D eigenvalue weighted by atomic mass is 10.1. The number of aromatic nitrogens is 1. The van der Waals surface area contributed by atoms with Crippen LogP contribution >= 0.6 is 11.3 Å². The summed E-state index contributed by atoms with van der Waals surface area (Å²) in [4.78, 5) is 8.08. The molecule has 1 unspecified atom stereocenters. The molecule has 1 aliphatic rings. The fourth-order valence-electron chi connectivity index (χ4n) is 2.61. The molecule has 1 atom stereocenters. The summed E-state index contributed by atoms with van der Waals surface area (Å²) in [6, 6.07) is 10.7. The lowest BCUT2D eigenvalue weighted by molar-refractivity contribution is 0.286. The molecule has 0 spiro atoms. The molecule has 1 fully saturated rings. The molecule has 19 heavy (non-hydrogen) atoms. The molecular formula is C15H18N2OS. The van der Waals surface area contributed by atoms with Crippen molar-refractivity contribution in [2.24, 2.45) is 0 Å². The van der Waals surface area contributed by atoms with E-state index in [1.54, 1.807) is 11.3 Å². The van der Waals surface area contributed by atoms with Gasteiger partial charge in [0.25, 0.3) is 0 Å². The maximum Gasteiger partial charge on any atom is 0.186 e. The molecule has 0 amide bonds. The van der Waals surface area contributed by atoms with Gasteiger partial charge in [-0.15, -0.1) is 0 Å². The minimum atomic E-state index is 0.0596. The number of aliphatic hydroxyl groups excluding tert-OH is 1. The van der Waals surface area contributed by atoms with Gasteiger partial charge >= 0.3 is 0 Å². The topological polar surface area (TPSA) is 36.4 Å². The van der Waals surface area contributed by atoms with Crippen LogP contribution in [0.5, 0.6) is 0 Å². The maximum atomic E-state index is 9.55. The number of rotatable bonds is 3. The summed E-state index contributed by atoms with van der Waals surface area (Å²) in [6.45, 7) is 3.38. The molecule has 1 aliphatic heterocycles. The Morgan fingerprint density at radius 2 is 2.16 bits per heavy atom. The summed E-state index contributed by atoms with van der Waals surface area (Å²) in [5.41, 5.74) is 2.02. The van der Waals surface area contributed by atoms with Gasteiger partial charge in [0.2, 0.25) is 0 Å². The van der Waals surface area contributed by atoms with Gasteiger partial charge in [-0.1, -0.05) is 41.7 Å². The highest BCUT2D eigenvalue weighted by Crippen LogP contribution is 2.35. The van der Waals surface area contributed by atoms with E-state index in [0.29, 0.717) is 6.04 Å². The Balaban J connectivity index is 1.99. The highest BCUT2D eigenvalue weighted by atomic mass is 32.1. The summed E-state index contributed by atoms with van der Waals surface area (Å²) >= 11 is 1.62. The van der Waals surface area contributed by atoms with Gasteiger partial charge in [-0.05, 0) is 19.8 Å². The number of anilines is 1. The van der Waals surface area contributed by atoms with Crippen LogP contribution in [0.4, 0.5) is 5.13 Å². The molecule has 0 aliphatic carbocycles. The summed E-state index contributed by atoms with van der Waals surface area (Å²) in [6.07, 6.45) is 2.46.